The number of ether oxygens (including phenoxy) is 1. The van der Waals surface area contributed by atoms with E-state index >= 15 is 0 Å². The van der Waals surface area contributed by atoms with E-state index in [-0.39, 0.29) is 38.8 Å². The van der Waals surface area contributed by atoms with Crippen molar-refractivity contribution in [2.75, 3.05) is 33.0 Å². The van der Waals surface area contributed by atoms with Crippen molar-refractivity contribution in [3.05, 3.63) is 12.2 Å². The lowest BCUT2D eigenvalue weighted by molar-refractivity contribution is -0.420. The van der Waals surface area contributed by atoms with E-state index in [9.17, 15) is 97.0 Å². The Morgan fingerprint density at radius 3 is 1.30 bits per heavy atom. The van der Waals surface area contributed by atoms with E-state index in [1.54, 1.807) is 20.8 Å². The van der Waals surface area contributed by atoms with Gasteiger partial charge in [-0.1, -0.05) is 0 Å². The molecule has 0 heterocycles. The van der Waals surface area contributed by atoms with Gasteiger partial charge in [0.1, 0.15) is 0 Å². The summed E-state index contributed by atoms with van der Waals surface area (Å²) in [5.74, 6) is -70.0. The molecule has 0 spiro atoms. The predicted molar refractivity (Wildman–Crippen MR) is 138 cm³/mol. The second-order valence-corrected chi connectivity index (χ2v) is 13.2. The zero-order chi connectivity index (χ0) is 42.4. The van der Waals surface area contributed by atoms with Gasteiger partial charge >= 0.3 is 74.4 Å². The van der Waals surface area contributed by atoms with Gasteiger partial charge in [-0.25, -0.2) is 4.79 Å². The van der Waals surface area contributed by atoms with Crippen LogP contribution >= 0.6 is 0 Å². The number of carbonyl (C=O) groups is 1. The summed E-state index contributed by atoms with van der Waals surface area (Å²) in [7, 11) is -3.19. The Morgan fingerprint density at radius 1 is 0.547 bits per heavy atom. The number of hydrogen-bond acceptors (Lipinski definition) is 5. The first-order chi connectivity index (χ1) is 23.5. The van der Waals surface area contributed by atoms with Crippen LogP contribution in [0.3, 0.4) is 0 Å². The molecule has 0 radical (unpaired) electrons. The molecule has 28 heteroatoms. The number of alkyl halides is 21. The van der Waals surface area contributed by atoms with E-state index in [1.165, 1.54) is 0 Å². The van der Waals surface area contributed by atoms with Gasteiger partial charge in [0, 0.05) is 38.8 Å². The largest absolute Gasteiger partial charge is 0.500 e. The maximum Gasteiger partial charge on any atom is 0.500 e. The van der Waals surface area contributed by atoms with Crippen molar-refractivity contribution in [3.63, 3.8) is 0 Å². The van der Waals surface area contributed by atoms with Gasteiger partial charge in [0.05, 0.1) is 6.61 Å². The van der Waals surface area contributed by atoms with Crippen LogP contribution < -0.4 is 5.32 Å². The van der Waals surface area contributed by atoms with E-state index in [1.807, 2.05) is 5.32 Å². The quantitative estimate of drug-likeness (QED) is 0.0481. The van der Waals surface area contributed by atoms with Crippen LogP contribution in [0.15, 0.2) is 12.2 Å². The lowest BCUT2D eigenvalue weighted by Crippen LogP contribution is -2.70. The SMILES string of the molecule is CCO[Si](CCCNC(=O)OCCCC(F)(F)C(F)(F)C(F)(F)C(F)(F)C(F)(F)C(F)(F)/C=C/C(F)(F)C(F)(F)C(F)(F)C(F)(F)F)(OCC)OCC. The van der Waals surface area contributed by atoms with Crippen LogP contribution in [-0.4, -0.2) is 107 Å². The molecular weight excluding hydrogens is 821 g/mol. The van der Waals surface area contributed by atoms with Gasteiger partial charge in [-0.15, -0.1) is 0 Å². The summed E-state index contributed by atoms with van der Waals surface area (Å²) < 4.78 is 304. The Labute approximate surface area is 286 Å². The van der Waals surface area contributed by atoms with Crippen molar-refractivity contribution in [1.29, 1.82) is 0 Å². The smallest absolute Gasteiger partial charge is 0.450 e. The highest BCUT2D eigenvalue weighted by Crippen LogP contribution is 2.61. The molecule has 0 atom stereocenters. The fraction of sp³-hybridized carbons (Fsp3) is 0.880. The van der Waals surface area contributed by atoms with E-state index in [4.69, 9.17) is 13.3 Å². The maximum absolute atomic E-state index is 14.1. The molecule has 0 aromatic heterocycles. The molecule has 0 saturated heterocycles. The first-order valence-corrected chi connectivity index (χ1v) is 16.4. The topological polar surface area (TPSA) is 66.0 Å². The van der Waals surface area contributed by atoms with Crippen LogP contribution in [0.2, 0.25) is 6.04 Å². The van der Waals surface area contributed by atoms with Crippen LogP contribution in [0.25, 0.3) is 0 Å². The summed E-state index contributed by atoms with van der Waals surface area (Å²) in [5.41, 5.74) is 0. The third-order valence-electron chi connectivity index (χ3n) is 6.62. The minimum Gasteiger partial charge on any atom is -0.450 e. The molecule has 316 valence electrons. The fourth-order valence-corrected chi connectivity index (χ4v) is 6.42. The number of hydrogen-bond donors (Lipinski definition) is 1. The molecule has 0 bridgehead atoms. The van der Waals surface area contributed by atoms with Gasteiger partial charge in [0.2, 0.25) is 0 Å². The highest BCUT2D eigenvalue weighted by molar-refractivity contribution is 6.60. The van der Waals surface area contributed by atoms with Crippen molar-refractivity contribution in [1.82, 2.24) is 5.32 Å². The summed E-state index contributed by atoms with van der Waals surface area (Å²) in [6.07, 6.45) is -18.7. The van der Waals surface area contributed by atoms with E-state index in [0.29, 0.717) is 0 Å². The number of alkyl carbamates (subject to hydrolysis) is 1. The van der Waals surface area contributed by atoms with Gasteiger partial charge in [-0.3, -0.25) is 0 Å². The molecule has 1 N–H and O–H groups in total. The zero-order valence-corrected chi connectivity index (χ0v) is 28.0. The molecule has 0 aromatic rings. The number of carbonyl (C=O) groups excluding carboxylic acids is 1. The molecule has 0 saturated carbocycles. The molecular formula is C25H30F21NO5Si. The standard InChI is InChI=1S/C25H30F21NO5Si/c1-4-50-53(51-5-2,52-6-3)14-8-12-47-15(48)49-13-7-9-16(26,27)19(32,33)22(38,39)23(40,41)20(34,35)17(28,29)10-11-18(30,31)21(36,37)24(42,43)25(44,45)46/h10-11H,4-9,12-14H2,1-3H3,(H,47,48)/b11-10+. The summed E-state index contributed by atoms with van der Waals surface area (Å²) in [4.78, 5) is 11.7. The fourth-order valence-electron chi connectivity index (χ4n) is 3.80. The van der Waals surface area contributed by atoms with Crippen LogP contribution in [0.5, 0.6) is 0 Å². The Balaban J connectivity index is 5.82. The molecule has 0 aliphatic rings. The second-order valence-electron chi connectivity index (χ2n) is 10.5. The molecule has 53 heavy (non-hydrogen) atoms. The molecule has 0 aromatic carbocycles. The van der Waals surface area contributed by atoms with Gasteiger partial charge in [-0.2, -0.15) is 92.2 Å². The molecule has 0 aliphatic heterocycles. The first-order valence-electron chi connectivity index (χ1n) is 14.5. The highest BCUT2D eigenvalue weighted by Gasteiger charge is 2.89. The Morgan fingerprint density at radius 2 is 0.925 bits per heavy atom. The Kier molecular flexibility index (Phi) is 16.4. The third-order valence-corrected chi connectivity index (χ3v) is 9.77. The Bertz CT molecular complexity index is 1200. The summed E-state index contributed by atoms with van der Waals surface area (Å²) in [6.45, 7) is 3.78. The number of allylic oxidation sites excluding steroid dienone is 2. The number of amides is 1. The van der Waals surface area contributed by atoms with Gasteiger partial charge in [0.15, 0.2) is 0 Å². The molecule has 0 aliphatic carbocycles. The van der Waals surface area contributed by atoms with E-state index < -0.39 is 106 Å². The minimum absolute atomic E-state index is 0.0806. The average Bonchev–Trinajstić information content (AvgIpc) is 2.99. The van der Waals surface area contributed by atoms with Gasteiger partial charge in [0.25, 0.3) is 0 Å². The van der Waals surface area contributed by atoms with Crippen LogP contribution in [0.1, 0.15) is 40.0 Å². The van der Waals surface area contributed by atoms with Crippen LogP contribution in [-0.2, 0) is 18.0 Å². The predicted octanol–water partition coefficient (Wildman–Crippen LogP) is 9.77. The van der Waals surface area contributed by atoms with Crippen LogP contribution in [0.4, 0.5) is 97.0 Å². The number of rotatable bonds is 23. The van der Waals surface area contributed by atoms with Crippen LogP contribution in [0, 0.1) is 0 Å². The zero-order valence-electron chi connectivity index (χ0n) is 27.0. The summed E-state index contributed by atoms with van der Waals surface area (Å²) in [6, 6.07) is 0.119. The molecule has 6 nitrogen and oxygen atoms in total. The highest BCUT2D eigenvalue weighted by atomic mass is 28.4. The molecule has 0 rings (SSSR count). The van der Waals surface area contributed by atoms with Crippen molar-refractivity contribution in [2.45, 2.75) is 106 Å². The summed E-state index contributed by atoms with van der Waals surface area (Å²) in [5, 5.41) is 2.03. The molecule has 0 fully saturated rings. The van der Waals surface area contributed by atoms with E-state index in [2.05, 4.69) is 4.74 Å². The van der Waals surface area contributed by atoms with Crippen molar-refractivity contribution in [2.24, 2.45) is 0 Å². The lowest BCUT2D eigenvalue weighted by atomic mass is 9.89. The lowest BCUT2D eigenvalue weighted by Gasteiger charge is -2.41. The van der Waals surface area contributed by atoms with E-state index in [0.717, 1.165) is 0 Å². The minimum atomic E-state index is -8.46. The molecule has 1 amide bonds. The monoisotopic (exact) mass is 851 g/mol. The van der Waals surface area contributed by atoms with Crippen molar-refractivity contribution >= 4 is 14.9 Å². The molecule has 0 unspecified atom stereocenters. The number of halogens is 21. The summed E-state index contributed by atoms with van der Waals surface area (Å²) >= 11 is 0. The first kappa shape index (κ1) is 50.6. The van der Waals surface area contributed by atoms with Crippen molar-refractivity contribution < 1.29 is 115 Å². The second kappa shape index (κ2) is 17.2. The van der Waals surface area contributed by atoms with Crippen molar-refractivity contribution in [3.8, 4) is 0 Å². The maximum atomic E-state index is 14.1. The third kappa shape index (κ3) is 10.3. The number of nitrogens with one attached hydrogen (secondary N) is 1. The normalized spacial score (nSPS) is 15.3. The van der Waals surface area contributed by atoms with Gasteiger partial charge in [-0.05, 0) is 45.8 Å². The van der Waals surface area contributed by atoms with Gasteiger partial charge < -0.3 is 23.3 Å². The Hall–Kier alpha value is -2.36. The average molecular weight is 852 g/mol.